The molecule has 130 valence electrons. The number of aromatic nitrogens is 2. The number of fused-ring (bicyclic) bond motifs is 1. The van der Waals surface area contributed by atoms with Crippen LogP contribution in [0.2, 0.25) is 0 Å². The van der Waals surface area contributed by atoms with E-state index in [4.69, 9.17) is 0 Å². The number of aryl methyl sites for hydroxylation is 1. The average Bonchev–Trinajstić information content (AvgIpc) is 2.97. The minimum Gasteiger partial charge on any atom is -0.334 e. The number of benzene rings is 1. The van der Waals surface area contributed by atoms with Crippen molar-refractivity contribution in [2.45, 2.75) is 52.5 Å². The van der Waals surface area contributed by atoms with Crippen LogP contribution in [0.5, 0.6) is 0 Å². The number of nitrogens with zero attached hydrogens (tertiary/aromatic N) is 2. The fraction of sp³-hybridized carbons (Fsp3) is 0.474. The minimum absolute atomic E-state index is 0. The van der Waals surface area contributed by atoms with E-state index in [1.165, 1.54) is 24.0 Å². The van der Waals surface area contributed by atoms with Gasteiger partial charge in [-0.1, -0.05) is 22.9 Å². The molecule has 1 heterocycles. The molecule has 0 amide bonds. The monoisotopic (exact) mass is 410 g/mol. The number of imidazole rings is 1. The minimum atomic E-state index is 0. The van der Waals surface area contributed by atoms with E-state index in [9.17, 15) is 4.79 Å². The van der Waals surface area contributed by atoms with Crippen LogP contribution in [0.1, 0.15) is 53.5 Å². The molecule has 1 aliphatic carbocycles. The Kier molecular flexibility index (Phi) is 6.64. The predicted molar refractivity (Wildman–Crippen MR) is 103 cm³/mol. The van der Waals surface area contributed by atoms with Crippen molar-refractivity contribution in [3.63, 3.8) is 0 Å². The summed E-state index contributed by atoms with van der Waals surface area (Å²) in [7, 11) is 0. The molecule has 0 saturated heterocycles. The fourth-order valence-corrected chi connectivity index (χ4v) is 4.08. The Morgan fingerprint density at radius 2 is 2.00 bits per heavy atom. The summed E-state index contributed by atoms with van der Waals surface area (Å²) >= 11 is 3.65. The van der Waals surface area contributed by atoms with Gasteiger partial charge in [-0.2, -0.15) is 0 Å². The van der Waals surface area contributed by atoms with Crippen molar-refractivity contribution < 1.29 is 4.79 Å². The molecule has 0 spiro atoms. The summed E-state index contributed by atoms with van der Waals surface area (Å²) in [5, 5.41) is 0. The first-order valence-corrected chi connectivity index (χ1v) is 9.23. The first-order valence-electron chi connectivity index (χ1n) is 8.44. The van der Waals surface area contributed by atoms with Crippen LogP contribution in [0.4, 0.5) is 0 Å². The number of carbonyl (C=O) groups is 1. The Bertz CT molecular complexity index is 726. The van der Waals surface area contributed by atoms with Gasteiger partial charge in [0.15, 0.2) is 5.78 Å². The second kappa shape index (κ2) is 8.30. The predicted octanol–water partition coefficient (Wildman–Crippen LogP) is 5.16. The number of rotatable bonds is 5. The lowest BCUT2D eigenvalue weighted by molar-refractivity contribution is 0.0901. The highest BCUT2D eigenvalue weighted by Gasteiger charge is 2.25. The van der Waals surface area contributed by atoms with E-state index in [1.807, 2.05) is 25.3 Å². The molecule has 0 aliphatic heterocycles. The van der Waals surface area contributed by atoms with Gasteiger partial charge in [0.1, 0.15) is 5.82 Å². The highest BCUT2D eigenvalue weighted by molar-refractivity contribution is 9.10. The van der Waals surface area contributed by atoms with Crippen LogP contribution in [0.15, 0.2) is 29.0 Å². The van der Waals surface area contributed by atoms with Gasteiger partial charge in [-0.15, -0.1) is 12.4 Å². The van der Waals surface area contributed by atoms with Crippen LogP contribution in [0, 0.1) is 12.8 Å². The molecule has 1 aromatic heterocycles. The number of carbonyl (C=O) groups excluding carboxylic acids is 1. The molecule has 3 rings (SSSR count). The molecule has 0 saturated carbocycles. The lowest BCUT2D eigenvalue weighted by Gasteiger charge is -2.23. The summed E-state index contributed by atoms with van der Waals surface area (Å²) in [5.74, 6) is 1.26. The summed E-state index contributed by atoms with van der Waals surface area (Å²) in [6.45, 7) is 4.80. The van der Waals surface area contributed by atoms with Crippen molar-refractivity contribution in [3.8, 4) is 0 Å². The third-order valence-electron chi connectivity index (χ3n) is 4.95. The van der Waals surface area contributed by atoms with Gasteiger partial charge in [-0.3, -0.25) is 4.79 Å². The first-order chi connectivity index (χ1) is 11.1. The van der Waals surface area contributed by atoms with E-state index in [0.29, 0.717) is 6.54 Å². The van der Waals surface area contributed by atoms with Crippen LogP contribution in [-0.4, -0.2) is 15.3 Å². The Hall–Kier alpha value is -1.13. The van der Waals surface area contributed by atoms with Gasteiger partial charge in [0, 0.05) is 34.9 Å². The molecule has 24 heavy (non-hydrogen) atoms. The second-order valence-corrected chi connectivity index (χ2v) is 7.21. The first kappa shape index (κ1) is 19.2. The van der Waals surface area contributed by atoms with Crippen molar-refractivity contribution in [2.75, 3.05) is 0 Å². The molecule has 3 nitrogen and oxygen atoms in total. The lowest BCUT2D eigenvalue weighted by atomic mass is 9.84. The van der Waals surface area contributed by atoms with E-state index in [0.717, 1.165) is 35.1 Å². The Morgan fingerprint density at radius 3 is 2.62 bits per heavy atom. The maximum atomic E-state index is 13.1. The molecule has 0 fully saturated rings. The number of halogens is 2. The molecule has 1 atom stereocenters. The van der Waals surface area contributed by atoms with Gasteiger partial charge < -0.3 is 4.57 Å². The number of ketones is 1. The van der Waals surface area contributed by atoms with E-state index in [-0.39, 0.29) is 24.1 Å². The Morgan fingerprint density at radius 1 is 1.29 bits per heavy atom. The normalized spacial score (nSPS) is 14.6. The van der Waals surface area contributed by atoms with Gasteiger partial charge in [0.25, 0.3) is 0 Å². The third kappa shape index (κ3) is 3.75. The van der Waals surface area contributed by atoms with Gasteiger partial charge in [-0.05, 0) is 62.3 Å². The van der Waals surface area contributed by atoms with Gasteiger partial charge >= 0.3 is 0 Å². The molecular formula is C19H24BrClN2O. The van der Waals surface area contributed by atoms with Crippen LogP contribution < -0.4 is 0 Å². The average molecular weight is 412 g/mol. The van der Waals surface area contributed by atoms with Crippen molar-refractivity contribution in [2.24, 2.45) is 5.92 Å². The highest BCUT2D eigenvalue weighted by Crippen LogP contribution is 2.32. The van der Waals surface area contributed by atoms with Crippen molar-refractivity contribution >= 4 is 34.1 Å². The quantitative estimate of drug-likeness (QED) is 0.637. The van der Waals surface area contributed by atoms with E-state index in [2.05, 4.69) is 32.4 Å². The maximum Gasteiger partial charge on any atom is 0.168 e. The van der Waals surface area contributed by atoms with Gasteiger partial charge in [0.05, 0.1) is 0 Å². The summed E-state index contributed by atoms with van der Waals surface area (Å²) in [6.07, 6.45) is 9.11. The van der Waals surface area contributed by atoms with Crippen LogP contribution in [0.3, 0.4) is 0 Å². The summed E-state index contributed by atoms with van der Waals surface area (Å²) in [5.41, 5.74) is 3.56. The van der Waals surface area contributed by atoms with Crippen molar-refractivity contribution in [1.82, 2.24) is 9.55 Å². The van der Waals surface area contributed by atoms with Gasteiger partial charge in [0.2, 0.25) is 0 Å². The summed E-state index contributed by atoms with van der Waals surface area (Å²) < 4.78 is 3.24. The number of hydrogen-bond acceptors (Lipinski definition) is 2. The topological polar surface area (TPSA) is 34.9 Å². The third-order valence-corrected chi connectivity index (χ3v) is 5.69. The zero-order valence-corrected chi connectivity index (χ0v) is 16.6. The molecule has 5 heteroatoms. The number of hydrogen-bond donors (Lipinski definition) is 0. The largest absolute Gasteiger partial charge is 0.334 e. The Balaban J connectivity index is 0.00000208. The van der Waals surface area contributed by atoms with Crippen LogP contribution >= 0.6 is 28.3 Å². The molecule has 2 aromatic rings. The summed E-state index contributed by atoms with van der Waals surface area (Å²) in [4.78, 5) is 17.4. The lowest BCUT2D eigenvalue weighted by Crippen LogP contribution is -2.23. The molecule has 0 radical (unpaired) electrons. The smallest absolute Gasteiger partial charge is 0.168 e. The Labute approximate surface area is 158 Å². The molecule has 1 aromatic carbocycles. The van der Waals surface area contributed by atoms with Crippen molar-refractivity contribution in [3.05, 3.63) is 51.5 Å². The van der Waals surface area contributed by atoms with Crippen LogP contribution in [-0.2, 0) is 19.4 Å². The highest BCUT2D eigenvalue weighted by atomic mass is 79.9. The zero-order valence-electron chi connectivity index (χ0n) is 14.2. The fourth-order valence-electron chi connectivity index (χ4n) is 3.51. The van der Waals surface area contributed by atoms with Gasteiger partial charge in [-0.25, -0.2) is 4.98 Å². The van der Waals surface area contributed by atoms with E-state index >= 15 is 0 Å². The molecular weight excluding hydrogens is 388 g/mol. The van der Waals surface area contributed by atoms with Crippen LogP contribution in [0.25, 0.3) is 0 Å². The second-order valence-electron chi connectivity index (χ2n) is 6.36. The number of Topliss-reactive ketones (excluding diaryl/α,β-unsaturated/α-hetero) is 1. The van der Waals surface area contributed by atoms with E-state index in [1.54, 1.807) is 6.20 Å². The molecule has 1 unspecified atom stereocenters. The molecule has 0 bridgehead atoms. The molecule has 1 aliphatic rings. The maximum absolute atomic E-state index is 13.1. The van der Waals surface area contributed by atoms with Crippen molar-refractivity contribution in [1.29, 1.82) is 0 Å². The van der Waals surface area contributed by atoms with E-state index < -0.39 is 0 Å². The SMILES string of the molecule is CCC(Cn1ccnc1C)C(=O)c1ccc(Br)c2c1CCCC2.Cl. The zero-order chi connectivity index (χ0) is 16.4. The molecule has 0 N–H and O–H groups in total. The summed E-state index contributed by atoms with van der Waals surface area (Å²) in [6, 6.07) is 4.06. The standard InChI is InChI=1S/C19H23BrN2O.ClH/c1-3-14(12-22-11-10-21-13(22)2)19(23)17-8-9-18(20)16-7-5-4-6-15(16)17;/h8-11,14H,3-7,12H2,1-2H3;1H.